The van der Waals surface area contributed by atoms with E-state index in [1.807, 2.05) is 0 Å². The van der Waals surface area contributed by atoms with Crippen LogP contribution in [0.15, 0.2) is 55.6 Å². The van der Waals surface area contributed by atoms with Crippen molar-refractivity contribution in [1.82, 2.24) is 24.8 Å². The second-order valence-corrected chi connectivity index (χ2v) is 7.03. The van der Waals surface area contributed by atoms with Crippen LogP contribution in [0.1, 0.15) is 0 Å². The lowest BCUT2D eigenvalue weighted by Gasteiger charge is -2.39. The summed E-state index contributed by atoms with van der Waals surface area (Å²) in [6, 6.07) is 4.38. The van der Waals surface area contributed by atoms with Gasteiger partial charge in [0.1, 0.15) is 11.6 Å². The van der Waals surface area contributed by atoms with Crippen LogP contribution in [0, 0.1) is 5.82 Å². The van der Waals surface area contributed by atoms with Gasteiger partial charge in [-0.25, -0.2) is 19.3 Å². The van der Waals surface area contributed by atoms with Crippen molar-refractivity contribution in [2.24, 2.45) is 0 Å². The second kappa shape index (κ2) is 8.42. The van der Waals surface area contributed by atoms with Crippen LogP contribution in [0.2, 0.25) is 5.02 Å². The van der Waals surface area contributed by atoms with Gasteiger partial charge in [-0.2, -0.15) is 0 Å². The maximum Gasteiger partial charge on any atom is 0.246 e. The number of halogens is 2. The van der Waals surface area contributed by atoms with E-state index >= 15 is 0 Å². The lowest BCUT2D eigenvalue weighted by molar-refractivity contribution is -0.129. The van der Waals surface area contributed by atoms with Gasteiger partial charge >= 0.3 is 0 Å². The molecule has 0 aliphatic carbocycles. The summed E-state index contributed by atoms with van der Waals surface area (Å²) in [4.78, 5) is 30.5. The van der Waals surface area contributed by atoms with Crippen LogP contribution in [0.5, 0.6) is 0 Å². The van der Waals surface area contributed by atoms with Gasteiger partial charge in [0.15, 0.2) is 0 Å². The number of aromatic nitrogens is 4. The lowest BCUT2D eigenvalue weighted by atomic mass is 10.1. The lowest BCUT2D eigenvalue weighted by Crippen LogP contribution is -2.56. The third-order valence-corrected chi connectivity index (χ3v) is 4.77. The Morgan fingerprint density at radius 1 is 1.23 bits per heavy atom. The number of carbonyl (C=O) groups excluding carboxylic acids is 1. The highest BCUT2D eigenvalue weighted by atomic mass is 35.5. The van der Waals surface area contributed by atoms with Gasteiger partial charge < -0.3 is 15.5 Å². The number of benzene rings is 1. The van der Waals surface area contributed by atoms with E-state index in [2.05, 4.69) is 37.1 Å². The van der Waals surface area contributed by atoms with Crippen LogP contribution < -0.4 is 10.6 Å². The molecule has 30 heavy (non-hydrogen) atoms. The molecule has 8 nitrogen and oxygen atoms in total. The Labute approximate surface area is 176 Å². The topological polar surface area (TPSA) is 95.9 Å². The van der Waals surface area contributed by atoms with Gasteiger partial charge in [0, 0.05) is 36.7 Å². The van der Waals surface area contributed by atoms with Crippen molar-refractivity contribution in [1.29, 1.82) is 0 Å². The first kappa shape index (κ1) is 19.7. The Bertz CT molecular complexity index is 1090. The molecule has 2 N–H and O–H groups in total. The van der Waals surface area contributed by atoms with E-state index in [1.165, 1.54) is 18.2 Å². The monoisotopic (exact) mass is 425 g/mol. The number of nitrogens with zero attached hydrogens (tertiary/aromatic N) is 5. The van der Waals surface area contributed by atoms with Crippen LogP contribution in [0.25, 0.3) is 11.3 Å². The molecule has 152 valence electrons. The largest absolute Gasteiger partial charge is 0.362 e. The average Bonchev–Trinajstić information content (AvgIpc) is 2.73. The van der Waals surface area contributed by atoms with Gasteiger partial charge in [-0.05, 0) is 24.3 Å². The molecule has 0 unspecified atom stereocenters. The third kappa shape index (κ3) is 4.36. The molecule has 2 aromatic heterocycles. The summed E-state index contributed by atoms with van der Waals surface area (Å²) in [5, 5.41) is 6.23. The number of nitrogens with one attached hydrogen (secondary N) is 2. The van der Waals surface area contributed by atoms with E-state index in [0.29, 0.717) is 41.8 Å². The number of rotatable bonds is 6. The highest BCUT2D eigenvalue weighted by Crippen LogP contribution is 2.23. The third-order valence-electron chi connectivity index (χ3n) is 4.48. The van der Waals surface area contributed by atoms with Crippen molar-refractivity contribution < 1.29 is 9.18 Å². The number of anilines is 3. The van der Waals surface area contributed by atoms with Crippen molar-refractivity contribution in [3.63, 3.8) is 0 Å². The fraction of sp³-hybridized carbons (Fsp3) is 0.150. The molecule has 1 saturated heterocycles. The molecule has 0 atom stereocenters. The van der Waals surface area contributed by atoms with Crippen molar-refractivity contribution in [2.45, 2.75) is 6.04 Å². The Balaban J connectivity index is 1.40. The van der Waals surface area contributed by atoms with E-state index in [-0.39, 0.29) is 17.0 Å². The summed E-state index contributed by atoms with van der Waals surface area (Å²) < 4.78 is 13.3. The van der Waals surface area contributed by atoms with Gasteiger partial charge in [-0.15, -0.1) is 0 Å². The first-order valence-corrected chi connectivity index (χ1v) is 9.44. The zero-order valence-corrected chi connectivity index (χ0v) is 16.5. The summed E-state index contributed by atoms with van der Waals surface area (Å²) in [6.07, 6.45) is 7.77. The Morgan fingerprint density at radius 2 is 2.00 bits per heavy atom. The summed E-state index contributed by atoms with van der Waals surface area (Å²) in [6.45, 7) is 4.67. The normalized spacial score (nSPS) is 13.5. The minimum atomic E-state index is -0.493. The molecule has 0 saturated carbocycles. The van der Waals surface area contributed by atoms with Gasteiger partial charge in [-0.1, -0.05) is 18.2 Å². The fourth-order valence-corrected chi connectivity index (χ4v) is 3.07. The number of carbonyl (C=O) groups is 1. The number of amides is 1. The van der Waals surface area contributed by atoms with Gasteiger partial charge in [0.2, 0.25) is 11.9 Å². The quantitative estimate of drug-likeness (QED) is 0.585. The summed E-state index contributed by atoms with van der Waals surface area (Å²) in [5.41, 5.74) is 1.87. The van der Waals surface area contributed by atoms with E-state index in [4.69, 9.17) is 11.6 Å². The van der Waals surface area contributed by atoms with Gasteiger partial charge in [-0.3, -0.25) is 9.78 Å². The van der Waals surface area contributed by atoms with Crippen molar-refractivity contribution in [3.05, 3.63) is 66.5 Å². The molecule has 0 spiro atoms. The highest BCUT2D eigenvalue weighted by molar-refractivity contribution is 6.31. The maximum atomic E-state index is 13.3. The molecule has 4 rings (SSSR count). The van der Waals surface area contributed by atoms with Crippen LogP contribution in [-0.2, 0) is 4.79 Å². The smallest absolute Gasteiger partial charge is 0.246 e. The molecular formula is C20H17ClFN7O. The number of hydrogen-bond acceptors (Lipinski definition) is 7. The average molecular weight is 426 g/mol. The molecule has 1 amide bonds. The highest BCUT2D eigenvalue weighted by Gasteiger charge is 2.29. The predicted molar refractivity (Wildman–Crippen MR) is 112 cm³/mol. The van der Waals surface area contributed by atoms with Crippen molar-refractivity contribution in [3.8, 4) is 11.3 Å². The molecule has 10 heteroatoms. The fourth-order valence-electron chi connectivity index (χ4n) is 2.89. The zero-order chi connectivity index (χ0) is 21.1. The second-order valence-electron chi connectivity index (χ2n) is 6.63. The van der Waals surface area contributed by atoms with Gasteiger partial charge in [0.05, 0.1) is 29.2 Å². The van der Waals surface area contributed by atoms with Crippen molar-refractivity contribution >= 4 is 35.0 Å². The molecule has 1 aromatic carbocycles. The minimum Gasteiger partial charge on any atom is -0.362 e. The first-order chi connectivity index (χ1) is 14.5. The standard InChI is InChI=1S/C20H17ClFN7O/c1-2-19(30)29-10-14(11-29)26-18-9-23-8-17(28-18)12-6-24-20(25-7-12)27-13-3-4-16(22)15(21)5-13/h2-9,14H,1,10-11H2,(H,26,28)(H,24,25,27). The van der Waals surface area contributed by atoms with Crippen LogP contribution in [0.3, 0.4) is 0 Å². The van der Waals surface area contributed by atoms with Crippen LogP contribution >= 0.6 is 11.6 Å². The Kier molecular flexibility index (Phi) is 5.53. The SMILES string of the molecule is C=CC(=O)N1CC(Nc2cncc(-c3cnc(Nc4ccc(F)c(Cl)c4)nc3)n2)C1. The Hall–Kier alpha value is -3.59. The molecule has 1 aliphatic rings. The summed E-state index contributed by atoms with van der Waals surface area (Å²) >= 11 is 5.78. The zero-order valence-electron chi connectivity index (χ0n) is 15.7. The van der Waals surface area contributed by atoms with E-state index < -0.39 is 5.82 Å². The maximum absolute atomic E-state index is 13.3. The molecule has 1 aliphatic heterocycles. The molecule has 1 fully saturated rings. The number of hydrogen-bond donors (Lipinski definition) is 2. The molecule has 3 heterocycles. The summed E-state index contributed by atoms with van der Waals surface area (Å²) in [5.74, 6) is 0.366. The predicted octanol–water partition coefficient (Wildman–Crippen LogP) is 3.28. The minimum absolute atomic E-state index is 0.0136. The van der Waals surface area contributed by atoms with Crippen molar-refractivity contribution in [2.75, 3.05) is 23.7 Å². The van der Waals surface area contributed by atoms with E-state index in [1.54, 1.807) is 35.8 Å². The van der Waals surface area contributed by atoms with Crippen LogP contribution in [-0.4, -0.2) is 49.9 Å². The molecule has 0 bridgehead atoms. The van der Waals surface area contributed by atoms with E-state index in [9.17, 15) is 9.18 Å². The molecule has 0 radical (unpaired) electrons. The first-order valence-electron chi connectivity index (χ1n) is 9.06. The van der Waals surface area contributed by atoms with Gasteiger partial charge in [0.25, 0.3) is 0 Å². The number of likely N-dealkylation sites (tertiary alicyclic amines) is 1. The van der Waals surface area contributed by atoms with Crippen LogP contribution in [0.4, 0.5) is 21.8 Å². The molecular weight excluding hydrogens is 409 g/mol. The summed E-state index contributed by atoms with van der Waals surface area (Å²) in [7, 11) is 0. The Morgan fingerprint density at radius 3 is 2.70 bits per heavy atom. The van der Waals surface area contributed by atoms with E-state index in [0.717, 1.165) is 0 Å². The molecule has 3 aromatic rings.